The molecule has 0 amide bonds. The van der Waals surface area contributed by atoms with Crippen LogP contribution in [-0.2, 0) is 14.1 Å². The monoisotopic (exact) mass is 450 g/mol. The number of nitrogens with one attached hydrogen (secondary N) is 1. The highest BCUT2D eigenvalue weighted by molar-refractivity contribution is 7.52. The molecule has 0 fully saturated rings. The number of esters is 1. The van der Waals surface area contributed by atoms with E-state index in [0.29, 0.717) is 0 Å². The number of nitrogens with zero attached hydrogens (tertiary/aromatic N) is 1. The molecule has 0 saturated heterocycles. The third kappa shape index (κ3) is 7.70. The van der Waals surface area contributed by atoms with Crippen molar-refractivity contribution in [2.75, 3.05) is 6.61 Å². The molecular formula is C21H27N2O7P. The summed E-state index contributed by atoms with van der Waals surface area (Å²) >= 11 is 0. The molecular weight excluding hydrogens is 423 g/mol. The summed E-state index contributed by atoms with van der Waals surface area (Å²) in [4.78, 5) is 22.7. The lowest BCUT2D eigenvalue weighted by Gasteiger charge is -2.23. The van der Waals surface area contributed by atoms with Crippen LogP contribution in [0, 0.1) is 16.0 Å². The van der Waals surface area contributed by atoms with Crippen LogP contribution in [0.3, 0.4) is 0 Å². The minimum atomic E-state index is -4.09. The second kappa shape index (κ2) is 11.5. The maximum absolute atomic E-state index is 13.4. The Hall–Kier alpha value is -2.90. The van der Waals surface area contributed by atoms with Gasteiger partial charge in [-0.2, -0.15) is 5.09 Å². The molecule has 2 atom stereocenters. The number of hydrogen-bond acceptors (Lipinski definition) is 7. The maximum Gasteiger partial charge on any atom is 0.513 e. The fourth-order valence-electron chi connectivity index (χ4n) is 2.60. The summed E-state index contributed by atoms with van der Waals surface area (Å²) in [5.41, 5.74) is -0.141. The van der Waals surface area contributed by atoms with Crippen molar-refractivity contribution in [2.24, 2.45) is 5.92 Å². The molecule has 168 valence electrons. The Balaban J connectivity index is 2.16. The molecule has 0 aromatic heterocycles. The van der Waals surface area contributed by atoms with Gasteiger partial charge in [0.1, 0.15) is 17.5 Å². The molecule has 2 rings (SSSR count). The van der Waals surface area contributed by atoms with Crippen LogP contribution in [0.5, 0.6) is 11.5 Å². The average Bonchev–Trinajstić information content (AvgIpc) is 2.75. The van der Waals surface area contributed by atoms with Gasteiger partial charge in [0.05, 0.1) is 11.5 Å². The van der Waals surface area contributed by atoms with Gasteiger partial charge in [-0.1, -0.05) is 44.9 Å². The molecule has 1 N–H and O–H groups in total. The number of para-hydroxylation sites is 1. The van der Waals surface area contributed by atoms with Crippen LogP contribution in [0.25, 0.3) is 0 Å². The van der Waals surface area contributed by atoms with Crippen molar-refractivity contribution in [1.82, 2.24) is 5.09 Å². The zero-order chi connectivity index (χ0) is 22.9. The summed E-state index contributed by atoms with van der Waals surface area (Å²) in [7, 11) is -4.09. The SMILES string of the molecule is CCC(CC)COC(=O)[C@H](C)N[P@](=O)(Oc1ccccc1)Oc1ccc([N+](=O)[O-])cc1. The van der Waals surface area contributed by atoms with E-state index in [2.05, 4.69) is 5.09 Å². The molecule has 2 aromatic rings. The van der Waals surface area contributed by atoms with E-state index in [1.807, 2.05) is 13.8 Å². The number of nitro groups is 1. The first kappa shape index (κ1) is 24.4. The third-order valence-electron chi connectivity index (χ3n) is 4.56. The second-order valence-electron chi connectivity index (χ2n) is 6.91. The van der Waals surface area contributed by atoms with Crippen LogP contribution in [0.15, 0.2) is 54.6 Å². The van der Waals surface area contributed by atoms with E-state index in [9.17, 15) is 19.5 Å². The van der Waals surface area contributed by atoms with Gasteiger partial charge in [-0.05, 0) is 37.1 Å². The Morgan fingerprint density at radius 2 is 1.58 bits per heavy atom. The molecule has 2 aromatic carbocycles. The molecule has 0 aliphatic rings. The van der Waals surface area contributed by atoms with Crippen LogP contribution in [0.2, 0.25) is 0 Å². The van der Waals surface area contributed by atoms with Crippen molar-refractivity contribution in [3.63, 3.8) is 0 Å². The number of benzene rings is 2. The second-order valence-corrected chi connectivity index (χ2v) is 8.53. The van der Waals surface area contributed by atoms with Crippen molar-refractivity contribution < 1.29 is 28.1 Å². The predicted molar refractivity (Wildman–Crippen MR) is 116 cm³/mol. The smallest absolute Gasteiger partial charge is 0.464 e. The van der Waals surface area contributed by atoms with Gasteiger partial charge in [-0.25, -0.2) is 4.57 Å². The Labute approximate surface area is 181 Å². The number of nitro benzene ring substituents is 1. The zero-order valence-electron chi connectivity index (χ0n) is 17.7. The highest BCUT2D eigenvalue weighted by atomic mass is 31.2. The van der Waals surface area contributed by atoms with E-state index in [4.69, 9.17) is 13.8 Å². The van der Waals surface area contributed by atoms with Gasteiger partial charge in [0.15, 0.2) is 0 Å². The first-order chi connectivity index (χ1) is 14.8. The van der Waals surface area contributed by atoms with E-state index >= 15 is 0 Å². The molecule has 10 heteroatoms. The summed E-state index contributed by atoms with van der Waals surface area (Å²) in [6.45, 7) is 5.80. The third-order valence-corrected chi connectivity index (χ3v) is 6.17. The van der Waals surface area contributed by atoms with Gasteiger partial charge < -0.3 is 13.8 Å². The highest BCUT2D eigenvalue weighted by Gasteiger charge is 2.34. The van der Waals surface area contributed by atoms with Gasteiger partial charge >= 0.3 is 13.7 Å². The molecule has 0 heterocycles. The molecule has 0 saturated carbocycles. The van der Waals surface area contributed by atoms with E-state index < -0.39 is 24.7 Å². The normalized spacial score (nSPS) is 13.8. The van der Waals surface area contributed by atoms with Crippen LogP contribution >= 0.6 is 7.75 Å². The Morgan fingerprint density at radius 3 is 2.10 bits per heavy atom. The van der Waals surface area contributed by atoms with Crippen LogP contribution < -0.4 is 14.1 Å². The molecule has 0 bridgehead atoms. The lowest BCUT2D eigenvalue weighted by Crippen LogP contribution is -2.36. The van der Waals surface area contributed by atoms with E-state index in [1.165, 1.54) is 31.2 Å². The quantitative estimate of drug-likeness (QED) is 0.205. The zero-order valence-corrected chi connectivity index (χ0v) is 18.6. The Kier molecular flexibility index (Phi) is 9.03. The molecule has 9 nitrogen and oxygen atoms in total. The summed E-state index contributed by atoms with van der Waals surface area (Å²) in [5, 5.41) is 13.4. The van der Waals surface area contributed by atoms with Crippen LogP contribution in [-0.4, -0.2) is 23.5 Å². The number of ether oxygens (including phenoxy) is 1. The summed E-state index contributed by atoms with van der Waals surface area (Å²) in [6, 6.07) is 12.4. The van der Waals surface area contributed by atoms with Gasteiger partial charge in [0.2, 0.25) is 0 Å². The van der Waals surface area contributed by atoms with Crippen LogP contribution in [0.4, 0.5) is 5.69 Å². The first-order valence-corrected chi connectivity index (χ1v) is 11.5. The van der Waals surface area contributed by atoms with Gasteiger partial charge in [0, 0.05) is 12.1 Å². The first-order valence-electron chi connectivity index (χ1n) is 9.99. The number of carbonyl (C=O) groups is 1. The summed E-state index contributed by atoms with van der Waals surface area (Å²) < 4.78 is 29.8. The lowest BCUT2D eigenvalue weighted by atomic mass is 10.1. The number of non-ortho nitro benzene ring substituents is 1. The summed E-state index contributed by atoms with van der Waals surface area (Å²) in [6.07, 6.45) is 1.76. The van der Waals surface area contributed by atoms with Crippen LogP contribution in [0.1, 0.15) is 33.6 Å². The minimum Gasteiger partial charge on any atom is -0.464 e. The average molecular weight is 450 g/mol. The highest BCUT2D eigenvalue weighted by Crippen LogP contribution is 2.45. The number of rotatable bonds is 12. The minimum absolute atomic E-state index is 0.0787. The van der Waals surface area contributed by atoms with Crippen molar-refractivity contribution in [3.05, 3.63) is 64.7 Å². The van der Waals surface area contributed by atoms with Crippen molar-refractivity contribution in [3.8, 4) is 11.5 Å². The topological polar surface area (TPSA) is 117 Å². The van der Waals surface area contributed by atoms with Crippen molar-refractivity contribution in [1.29, 1.82) is 0 Å². The molecule has 0 radical (unpaired) electrons. The molecule has 31 heavy (non-hydrogen) atoms. The van der Waals surface area contributed by atoms with Crippen molar-refractivity contribution >= 4 is 19.4 Å². The molecule has 0 unspecified atom stereocenters. The maximum atomic E-state index is 13.4. The molecule has 0 spiro atoms. The van der Waals surface area contributed by atoms with Gasteiger partial charge in [0.25, 0.3) is 5.69 Å². The van der Waals surface area contributed by atoms with E-state index in [1.54, 1.807) is 30.3 Å². The number of hydrogen-bond donors (Lipinski definition) is 1. The Morgan fingerprint density at radius 1 is 1.03 bits per heavy atom. The van der Waals surface area contributed by atoms with Gasteiger partial charge in [-0.3, -0.25) is 14.9 Å². The summed E-state index contributed by atoms with van der Waals surface area (Å²) in [5.74, 6) is 0.00349. The fraction of sp³-hybridized carbons (Fsp3) is 0.381. The largest absolute Gasteiger partial charge is 0.513 e. The molecule has 0 aliphatic heterocycles. The van der Waals surface area contributed by atoms with Crippen molar-refractivity contribution in [2.45, 2.75) is 39.7 Å². The molecule has 0 aliphatic carbocycles. The number of carbonyl (C=O) groups excluding carboxylic acids is 1. The fourth-order valence-corrected chi connectivity index (χ4v) is 4.12. The predicted octanol–water partition coefficient (Wildman–Crippen LogP) is 5.12. The van der Waals surface area contributed by atoms with E-state index in [0.717, 1.165) is 12.8 Å². The Bertz CT molecular complexity index is 902. The van der Waals surface area contributed by atoms with E-state index in [-0.39, 0.29) is 29.7 Å². The standard InChI is InChI=1S/C21H27N2O7P/c1-4-17(5-2)15-28-21(24)16(3)22-31(27,29-19-9-7-6-8-10-19)30-20-13-11-18(12-14-20)23(25)26/h6-14,16-17H,4-5,15H2,1-3H3,(H,22,27)/t16-,31-/m0/s1. The van der Waals surface area contributed by atoms with Gasteiger partial charge in [-0.15, -0.1) is 0 Å². The lowest BCUT2D eigenvalue weighted by molar-refractivity contribution is -0.384.